The summed E-state index contributed by atoms with van der Waals surface area (Å²) in [5.74, 6) is 0. The topological polar surface area (TPSA) is 15.3 Å². The third kappa shape index (κ3) is 2.21. The highest BCUT2D eigenvalue weighted by Crippen LogP contribution is 2.48. The standard InChI is InChI=1S/C13H24N2/c1-2-13(6-7-13)10-14-11-5-8-15(9-11)12-3-4-12/h11-12,14H,2-10H2,1H3. The number of hydrogen-bond donors (Lipinski definition) is 1. The second-order valence-electron chi connectivity index (χ2n) is 5.95. The van der Waals surface area contributed by atoms with Gasteiger partial charge in [0, 0.05) is 31.7 Å². The molecule has 1 atom stereocenters. The Morgan fingerprint density at radius 2 is 2.07 bits per heavy atom. The maximum atomic E-state index is 3.81. The number of likely N-dealkylation sites (tertiary alicyclic amines) is 1. The van der Waals surface area contributed by atoms with Crippen LogP contribution >= 0.6 is 0 Å². The number of nitrogens with one attached hydrogen (secondary N) is 1. The zero-order valence-corrected chi connectivity index (χ0v) is 9.97. The van der Waals surface area contributed by atoms with Crippen LogP contribution in [0.15, 0.2) is 0 Å². The summed E-state index contributed by atoms with van der Waals surface area (Å²) < 4.78 is 0. The molecule has 86 valence electrons. The van der Waals surface area contributed by atoms with E-state index < -0.39 is 0 Å². The number of rotatable bonds is 5. The van der Waals surface area contributed by atoms with Gasteiger partial charge in [0.15, 0.2) is 0 Å². The maximum absolute atomic E-state index is 3.81. The molecule has 0 aromatic rings. The van der Waals surface area contributed by atoms with Crippen LogP contribution in [0.2, 0.25) is 0 Å². The minimum absolute atomic E-state index is 0.715. The van der Waals surface area contributed by atoms with Crippen LogP contribution in [-0.4, -0.2) is 36.6 Å². The fraction of sp³-hybridized carbons (Fsp3) is 1.00. The monoisotopic (exact) mass is 208 g/mol. The molecular formula is C13H24N2. The molecule has 1 aliphatic heterocycles. The van der Waals surface area contributed by atoms with Crippen molar-refractivity contribution in [3.05, 3.63) is 0 Å². The van der Waals surface area contributed by atoms with Crippen molar-refractivity contribution in [3.63, 3.8) is 0 Å². The van der Waals surface area contributed by atoms with Gasteiger partial charge in [-0.25, -0.2) is 0 Å². The SMILES string of the molecule is CCC1(CNC2CCN(C3CC3)C2)CC1. The van der Waals surface area contributed by atoms with E-state index in [-0.39, 0.29) is 0 Å². The summed E-state index contributed by atoms with van der Waals surface area (Å²) in [7, 11) is 0. The maximum Gasteiger partial charge on any atom is 0.0207 e. The van der Waals surface area contributed by atoms with Gasteiger partial charge in [-0.1, -0.05) is 6.92 Å². The molecule has 1 saturated heterocycles. The van der Waals surface area contributed by atoms with Crippen molar-refractivity contribution in [1.82, 2.24) is 10.2 Å². The van der Waals surface area contributed by atoms with Crippen LogP contribution in [0.5, 0.6) is 0 Å². The lowest BCUT2D eigenvalue weighted by Crippen LogP contribution is -2.36. The third-order valence-electron chi connectivity index (χ3n) is 4.76. The summed E-state index contributed by atoms with van der Waals surface area (Å²) in [6.45, 7) is 6.30. The van der Waals surface area contributed by atoms with Gasteiger partial charge in [0.2, 0.25) is 0 Å². The molecule has 2 saturated carbocycles. The van der Waals surface area contributed by atoms with Gasteiger partial charge in [0.25, 0.3) is 0 Å². The van der Waals surface area contributed by atoms with E-state index >= 15 is 0 Å². The van der Waals surface area contributed by atoms with Crippen molar-refractivity contribution in [1.29, 1.82) is 0 Å². The molecule has 2 nitrogen and oxygen atoms in total. The third-order valence-corrected chi connectivity index (χ3v) is 4.76. The molecular weight excluding hydrogens is 184 g/mol. The van der Waals surface area contributed by atoms with E-state index in [0.717, 1.165) is 12.1 Å². The molecule has 2 aliphatic carbocycles. The van der Waals surface area contributed by atoms with Gasteiger partial charge in [-0.2, -0.15) is 0 Å². The lowest BCUT2D eigenvalue weighted by atomic mass is 10.0. The lowest BCUT2D eigenvalue weighted by Gasteiger charge is -2.19. The van der Waals surface area contributed by atoms with E-state index in [1.165, 1.54) is 58.2 Å². The van der Waals surface area contributed by atoms with E-state index in [2.05, 4.69) is 17.1 Å². The second-order valence-corrected chi connectivity index (χ2v) is 5.95. The van der Waals surface area contributed by atoms with Gasteiger partial charge in [-0.3, -0.25) is 4.90 Å². The molecule has 3 rings (SSSR count). The first-order valence-electron chi connectivity index (χ1n) is 6.79. The Bertz CT molecular complexity index is 231. The van der Waals surface area contributed by atoms with Gasteiger partial charge in [-0.15, -0.1) is 0 Å². The average Bonchev–Trinajstić information content (AvgIpc) is 3.17. The zero-order chi connectivity index (χ0) is 10.3. The summed E-state index contributed by atoms with van der Waals surface area (Å²) in [5, 5.41) is 3.81. The summed E-state index contributed by atoms with van der Waals surface area (Å²) in [6, 6.07) is 1.77. The Morgan fingerprint density at radius 3 is 2.67 bits per heavy atom. The molecule has 0 amide bonds. The van der Waals surface area contributed by atoms with Crippen molar-refractivity contribution >= 4 is 0 Å². The summed E-state index contributed by atoms with van der Waals surface area (Å²) in [5.41, 5.74) is 0.715. The molecule has 2 heteroatoms. The average molecular weight is 208 g/mol. The molecule has 0 radical (unpaired) electrons. The molecule has 1 unspecified atom stereocenters. The minimum atomic E-state index is 0.715. The van der Waals surface area contributed by atoms with Crippen molar-refractivity contribution in [2.24, 2.45) is 5.41 Å². The minimum Gasteiger partial charge on any atom is -0.312 e. The number of hydrogen-bond acceptors (Lipinski definition) is 2. The Morgan fingerprint density at radius 1 is 1.27 bits per heavy atom. The van der Waals surface area contributed by atoms with Gasteiger partial charge in [0.1, 0.15) is 0 Å². The fourth-order valence-electron chi connectivity index (χ4n) is 2.92. The van der Waals surface area contributed by atoms with Crippen LogP contribution in [-0.2, 0) is 0 Å². The van der Waals surface area contributed by atoms with Gasteiger partial charge in [0.05, 0.1) is 0 Å². The lowest BCUT2D eigenvalue weighted by molar-refractivity contribution is 0.312. The highest BCUT2D eigenvalue weighted by Gasteiger charge is 2.41. The molecule has 0 aromatic heterocycles. The summed E-state index contributed by atoms with van der Waals surface area (Å²) >= 11 is 0. The summed E-state index contributed by atoms with van der Waals surface area (Å²) in [6.07, 6.45) is 8.62. The molecule has 15 heavy (non-hydrogen) atoms. The van der Waals surface area contributed by atoms with Crippen LogP contribution in [0.3, 0.4) is 0 Å². The van der Waals surface area contributed by atoms with Crippen LogP contribution in [0, 0.1) is 5.41 Å². The molecule has 0 spiro atoms. The van der Waals surface area contributed by atoms with Crippen LogP contribution in [0.4, 0.5) is 0 Å². The van der Waals surface area contributed by atoms with E-state index in [4.69, 9.17) is 0 Å². The van der Waals surface area contributed by atoms with Crippen LogP contribution in [0.25, 0.3) is 0 Å². The largest absolute Gasteiger partial charge is 0.312 e. The molecule has 1 heterocycles. The predicted molar refractivity (Wildman–Crippen MR) is 63.0 cm³/mol. The van der Waals surface area contributed by atoms with E-state index in [1.54, 1.807) is 0 Å². The van der Waals surface area contributed by atoms with Gasteiger partial charge < -0.3 is 5.32 Å². The van der Waals surface area contributed by atoms with Gasteiger partial charge in [-0.05, 0) is 43.9 Å². The summed E-state index contributed by atoms with van der Waals surface area (Å²) in [4.78, 5) is 2.70. The zero-order valence-electron chi connectivity index (χ0n) is 9.97. The normalized spacial score (nSPS) is 34.6. The highest BCUT2D eigenvalue weighted by atomic mass is 15.2. The van der Waals surface area contributed by atoms with Crippen molar-refractivity contribution in [2.45, 2.75) is 57.5 Å². The Balaban J connectivity index is 1.41. The molecule has 0 aromatic carbocycles. The Labute approximate surface area is 93.4 Å². The smallest absolute Gasteiger partial charge is 0.0207 e. The molecule has 3 aliphatic rings. The van der Waals surface area contributed by atoms with E-state index in [9.17, 15) is 0 Å². The van der Waals surface area contributed by atoms with E-state index in [0.29, 0.717) is 5.41 Å². The molecule has 0 bridgehead atoms. The Hall–Kier alpha value is -0.0800. The first kappa shape index (κ1) is 10.1. The molecule has 1 N–H and O–H groups in total. The number of nitrogens with zero attached hydrogens (tertiary/aromatic N) is 1. The van der Waals surface area contributed by atoms with Crippen molar-refractivity contribution in [3.8, 4) is 0 Å². The van der Waals surface area contributed by atoms with Crippen LogP contribution in [0.1, 0.15) is 45.4 Å². The Kier molecular flexibility index (Phi) is 2.52. The second kappa shape index (κ2) is 3.74. The van der Waals surface area contributed by atoms with Gasteiger partial charge >= 0.3 is 0 Å². The van der Waals surface area contributed by atoms with Crippen molar-refractivity contribution in [2.75, 3.05) is 19.6 Å². The quantitative estimate of drug-likeness (QED) is 0.743. The first-order valence-corrected chi connectivity index (χ1v) is 6.79. The highest BCUT2D eigenvalue weighted by molar-refractivity contribution is 4.96. The van der Waals surface area contributed by atoms with Crippen LogP contribution < -0.4 is 5.32 Å². The van der Waals surface area contributed by atoms with Crippen molar-refractivity contribution < 1.29 is 0 Å². The predicted octanol–water partition coefficient (Wildman–Crippen LogP) is 2.00. The first-order chi connectivity index (χ1) is 7.31. The van der Waals surface area contributed by atoms with E-state index in [1.807, 2.05) is 0 Å². The molecule has 3 fully saturated rings. The fourth-order valence-corrected chi connectivity index (χ4v) is 2.92.